The van der Waals surface area contributed by atoms with Crippen molar-refractivity contribution in [3.63, 3.8) is 0 Å². The largest absolute Gasteiger partial charge is 0.440 e. The third-order valence-electron chi connectivity index (χ3n) is 5.16. The number of benzene rings is 1. The van der Waals surface area contributed by atoms with Crippen LogP contribution in [0, 0.1) is 17.7 Å². The van der Waals surface area contributed by atoms with Crippen LogP contribution < -0.4 is 0 Å². The van der Waals surface area contributed by atoms with Gasteiger partial charge in [-0.1, -0.05) is 12.1 Å². The molecule has 0 radical (unpaired) electrons. The molecule has 4 nitrogen and oxygen atoms in total. The van der Waals surface area contributed by atoms with Crippen molar-refractivity contribution in [2.75, 3.05) is 26.7 Å². The molecule has 7 heteroatoms. The van der Waals surface area contributed by atoms with Crippen LogP contribution in [0.15, 0.2) is 40.8 Å². The Bertz CT molecular complexity index is 782. The molecule has 2 aromatic rings. The Kier molecular flexibility index (Phi) is 5.09. The molecule has 25 heavy (non-hydrogen) atoms. The number of halogens is 3. The Balaban J connectivity index is 0.00000182. The molecule has 1 amide bonds. The molecule has 0 spiro atoms. The highest BCUT2D eigenvalue weighted by atomic mass is 35.5. The Morgan fingerprint density at radius 3 is 2.72 bits per heavy atom. The van der Waals surface area contributed by atoms with Crippen molar-refractivity contribution in [1.29, 1.82) is 0 Å². The quantitative estimate of drug-likeness (QED) is 0.788. The van der Waals surface area contributed by atoms with E-state index in [1.165, 1.54) is 6.07 Å². The minimum Gasteiger partial charge on any atom is -0.440 e. The first-order chi connectivity index (χ1) is 11.5. The number of nitrogens with zero attached hydrogens (tertiary/aromatic N) is 2. The third-order valence-corrected chi connectivity index (χ3v) is 5.36. The summed E-state index contributed by atoms with van der Waals surface area (Å²) in [6.07, 6.45) is 0. The molecule has 3 atom stereocenters. The van der Waals surface area contributed by atoms with Crippen molar-refractivity contribution in [1.82, 2.24) is 9.80 Å². The van der Waals surface area contributed by atoms with Gasteiger partial charge in [-0.25, -0.2) is 4.39 Å². The van der Waals surface area contributed by atoms with Crippen LogP contribution >= 0.6 is 24.0 Å². The van der Waals surface area contributed by atoms with Gasteiger partial charge in [-0.3, -0.25) is 9.69 Å². The molecule has 1 aromatic heterocycles. The molecular weight excluding hydrogens is 366 g/mol. The van der Waals surface area contributed by atoms with Crippen molar-refractivity contribution in [2.45, 2.75) is 6.04 Å². The van der Waals surface area contributed by atoms with Crippen molar-refractivity contribution in [2.24, 2.45) is 11.8 Å². The second-order valence-corrected chi connectivity index (χ2v) is 7.05. The Labute approximate surface area is 156 Å². The maximum atomic E-state index is 13.6. The molecule has 2 saturated heterocycles. The molecule has 134 valence electrons. The molecule has 0 aliphatic carbocycles. The van der Waals surface area contributed by atoms with Crippen molar-refractivity contribution in [3.8, 4) is 0 Å². The van der Waals surface area contributed by atoms with Gasteiger partial charge in [0.25, 0.3) is 5.91 Å². The number of rotatable bonds is 2. The number of carbonyl (C=O) groups is 1. The molecule has 2 aliphatic rings. The molecular formula is C18H19Cl2FN2O2. The van der Waals surface area contributed by atoms with Crippen LogP contribution in [0.3, 0.4) is 0 Å². The van der Waals surface area contributed by atoms with E-state index in [9.17, 15) is 9.18 Å². The van der Waals surface area contributed by atoms with E-state index in [1.807, 2.05) is 11.0 Å². The van der Waals surface area contributed by atoms with Crippen LogP contribution in [-0.4, -0.2) is 42.4 Å². The van der Waals surface area contributed by atoms with Crippen LogP contribution in [0.4, 0.5) is 4.39 Å². The van der Waals surface area contributed by atoms with Crippen LogP contribution in [0.2, 0.25) is 5.22 Å². The van der Waals surface area contributed by atoms with Gasteiger partial charge >= 0.3 is 0 Å². The maximum absolute atomic E-state index is 13.6. The van der Waals surface area contributed by atoms with Gasteiger partial charge in [0.2, 0.25) is 0 Å². The third kappa shape index (κ3) is 3.28. The summed E-state index contributed by atoms with van der Waals surface area (Å²) in [5.74, 6) is 0.608. The van der Waals surface area contributed by atoms with Crippen molar-refractivity contribution < 1.29 is 13.6 Å². The number of likely N-dealkylation sites (tertiary alicyclic amines) is 2. The first-order valence-electron chi connectivity index (χ1n) is 8.03. The zero-order valence-electron chi connectivity index (χ0n) is 13.7. The summed E-state index contributed by atoms with van der Waals surface area (Å²) in [4.78, 5) is 16.7. The molecule has 0 saturated carbocycles. The van der Waals surface area contributed by atoms with Crippen LogP contribution in [-0.2, 0) is 0 Å². The minimum atomic E-state index is -0.222. The van der Waals surface area contributed by atoms with Gasteiger partial charge in [-0.2, -0.15) is 0 Å². The van der Waals surface area contributed by atoms with E-state index in [4.69, 9.17) is 16.0 Å². The van der Waals surface area contributed by atoms with E-state index in [0.29, 0.717) is 24.9 Å². The topological polar surface area (TPSA) is 36.7 Å². The Morgan fingerprint density at radius 2 is 2.04 bits per heavy atom. The molecule has 1 aromatic carbocycles. The zero-order valence-corrected chi connectivity index (χ0v) is 15.3. The smallest absolute Gasteiger partial charge is 0.289 e. The van der Waals surface area contributed by atoms with Crippen LogP contribution in [0.25, 0.3) is 0 Å². The van der Waals surface area contributed by atoms with Gasteiger partial charge in [0.15, 0.2) is 11.0 Å². The van der Waals surface area contributed by atoms with E-state index in [-0.39, 0.29) is 41.2 Å². The monoisotopic (exact) mass is 384 g/mol. The highest BCUT2D eigenvalue weighted by Gasteiger charge is 2.47. The van der Waals surface area contributed by atoms with Crippen LogP contribution in [0.1, 0.15) is 22.2 Å². The number of fused-ring (bicyclic) bond motifs is 1. The average Bonchev–Trinajstić information content (AvgIpc) is 3.20. The Morgan fingerprint density at radius 1 is 1.24 bits per heavy atom. The highest BCUT2D eigenvalue weighted by Crippen LogP contribution is 2.44. The zero-order chi connectivity index (χ0) is 16.8. The van der Waals surface area contributed by atoms with E-state index in [1.54, 1.807) is 24.3 Å². The summed E-state index contributed by atoms with van der Waals surface area (Å²) >= 11 is 5.76. The summed E-state index contributed by atoms with van der Waals surface area (Å²) in [6.45, 7) is 2.24. The lowest BCUT2D eigenvalue weighted by atomic mass is 9.89. The predicted molar refractivity (Wildman–Crippen MR) is 95.6 cm³/mol. The van der Waals surface area contributed by atoms with Gasteiger partial charge in [0.05, 0.1) is 0 Å². The van der Waals surface area contributed by atoms with Crippen molar-refractivity contribution in [3.05, 3.63) is 58.8 Å². The first-order valence-corrected chi connectivity index (χ1v) is 8.41. The number of hydrogen-bond donors (Lipinski definition) is 0. The molecule has 0 N–H and O–H groups in total. The van der Waals surface area contributed by atoms with Gasteiger partial charge in [0.1, 0.15) is 5.82 Å². The fraction of sp³-hybridized carbons (Fsp3) is 0.389. The van der Waals surface area contributed by atoms with E-state index < -0.39 is 0 Å². The van der Waals surface area contributed by atoms with Gasteiger partial charge < -0.3 is 9.32 Å². The second kappa shape index (κ2) is 6.98. The molecule has 2 aliphatic heterocycles. The van der Waals surface area contributed by atoms with E-state index in [2.05, 4.69) is 11.9 Å². The van der Waals surface area contributed by atoms with E-state index >= 15 is 0 Å². The lowest BCUT2D eigenvalue weighted by Crippen LogP contribution is -2.33. The second-order valence-electron chi connectivity index (χ2n) is 6.68. The fourth-order valence-corrected chi connectivity index (χ4v) is 4.35. The summed E-state index contributed by atoms with van der Waals surface area (Å²) in [6, 6.07) is 10.1. The lowest BCUT2D eigenvalue weighted by Gasteiger charge is -2.26. The van der Waals surface area contributed by atoms with E-state index in [0.717, 1.165) is 12.1 Å². The summed E-state index contributed by atoms with van der Waals surface area (Å²) in [5.41, 5.74) is 0.973. The molecule has 4 rings (SSSR count). The lowest BCUT2D eigenvalue weighted by molar-refractivity contribution is 0.0736. The normalized spacial score (nSPS) is 25.7. The standard InChI is InChI=1S/C18H18ClFN2O2.ClH/c1-21-8-12-9-22(18(23)15-5-6-16(19)24-15)10-14(12)17(21)11-3-2-4-13(20)7-11;/h2-7,12,14,17H,8-10H2,1H3;1H/t12-,14+,17-;/m0./s1. The SMILES string of the molecule is CN1C[C@H]2CN(C(=O)c3ccc(Cl)o3)C[C@H]2[C@@H]1c1cccc(F)c1.Cl. The molecule has 3 heterocycles. The highest BCUT2D eigenvalue weighted by molar-refractivity contribution is 6.29. The number of amides is 1. The van der Waals surface area contributed by atoms with Crippen molar-refractivity contribution >= 4 is 29.9 Å². The minimum absolute atomic E-state index is 0. The molecule has 0 unspecified atom stereocenters. The molecule has 2 fully saturated rings. The van der Waals surface area contributed by atoms with Crippen LogP contribution in [0.5, 0.6) is 0 Å². The first kappa shape index (κ1) is 18.2. The molecule has 0 bridgehead atoms. The Hall–Kier alpha value is -1.56. The van der Waals surface area contributed by atoms with Gasteiger partial charge in [0, 0.05) is 31.6 Å². The summed E-state index contributed by atoms with van der Waals surface area (Å²) < 4.78 is 18.9. The number of carbonyl (C=O) groups excluding carboxylic acids is 1. The average molecular weight is 385 g/mol. The summed E-state index contributed by atoms with van der Waals surface area (Å²) in [7, 11) is 2.06. The fourth-order valence-electron chi connectivity index (χ4n) is 4.20. The van der Waals surface area contributed by atoms with Gasteiger partial charge in [-0.05, 0) is 54.4 Å². The number of hydrogen-bond acceptors (Lipinski definition) is 3. The summed E-state index contributed by atoms with van der Waals surface area (Å²) in [5, 5.41) is 0.218. The maximum Gasteiger partial charge on any atom is 0.289 e. The predicted octanol–water partition coefficient (Wildman–Crippen LogP) is 3.87. The number of furan rings is 1. The van der Waals surface area contributed by atoms with Gasteiger partial charge in [-0.15, -0.1) is 12.4 Å².